The van der Waals surface area contributed by atoms with E-state index < -0.39 is 0 Å². The summed E-state index contributed by atoms with van der Waals surface area (Å²) in [5.74, 6) is 1.86. The Hall–Kier alpha value is -1.98. The van der Waals surface area contributed by atoms with Crippen LogP contribution in [0.15, 0.2) is 17.0 Å². The first-order valence-corrected chi connectivity index (χ1v) is 6.20. The summed E-state index contributed by atoms with van der Waals surface area (Å²) in [6.07, 6.45) is 8.16. The third-order valence-corrected chi connectivity index (χ3v) is 3.17. The molecule has 0 amide bonds. The van der Waals surface area contributed by atoms with Gasteiger partial charge in [0.1, 0.15) is 17.7 Å². The van der Waals surface area contributed by atoms with Gasteiger partial charge in [0.05, 0.1) is 0 Å². The van der Waals surface area contributed by atoms with Crippen molar-refractivity contribution in [2.45, 2.75) is 38.6 Å². The van der Waals surface area contributed by atoms with Crippen molar-refractivity contribution in [2.24, 2.45) is 0 Å². The van der Waals surface area contributed by atoms with Crippen LogP contribution in [0.2, 0.25) is 0 Å². The zero-order valence-electron chi connectivity index (χ0n) is 10.3. The molecule has 0 aromatic carbocycles. The van der Waals surface area contributed by atoms with E-state index in [0.29, 0.717) is 17.8 Å². The van der Waals surface area contributed by atoms with Gasteiger partial charge in [-0.1, -0.05) is 18.0 Å². The van der Waals surface area contributed by atoms with E-state index in [4.69, 9.17) is 4.52 Å². The summed E-state index contributed by atoms with van der Waals surface area (Å²) < 4.78 is 5.17. The summed E-state index contributed by atoms with van der Waals surface area (Å²) in [6, 6.07) is 0.489. The number of rotatable bonds is 3. The predicted molar refractivity (Wildman–Crippen MR) is 65.9 cm³/mol. The van der Waals surface area contributed by atoms with Gasteiger partial charge in [0.25, 0.3) is 5.89 Å². The zero-order valence-corrected chi connectivity index (χ0v) is 10.3. The Morgan fingerprint density at radius 3 is 2.89 bits per heavy atom. The summed E-state index contributed by atoms with van der Waals surface area (Å²) in [5.41, 5.74) is 0.769. The number of aryl methyl sites for hydroxylation is 1. The first-order chi connectivity index (χ1) is 8.83. The van der Waals surface area contributed by atoms with Crippen LogP contribution >= 0.6 is 0 Å². The second-order valence-corrected chi connectivity index (χ2v) is 4.56. The minimum absolute atomic E-state index is 0.466. The van der Waals surface area contributed by atoms with E-state index in [9.17, 15) is 0 Å². The Bertz CT molecular complexity index is 533. The Morgan fingerprint density at radius 1 is 1.33 bits per heavy atom. The molecule has 1 saturated carbocycles. The predicted octanol–water partition coefficient (Wildman–Crippen LogP) is 2.19. The fourth-order valence-corrected chi connectivity index (χ4v) is 2.27. The standard InChI is InChI=1S/C12H15N5O/c1-8-15-12(18-17-8)10-6-13-7-14-11(10)16-9-4-2-3-5-9/h6-7,9H,2-5H2,1H3,(H,13,14,16). The summed E-state index contributed by atoms with van der Waals surface area (Å²) >= 11 is 0. The summed E-state index contributed by atoms with van der Waals surface area (Å²) in [7, 11) is 0. The molecular formula is C12H15N5O. The fourth-order valence-electron chi connectivity index (χ4n) is 2.27. The van der Waals surface area contributed by atoms with Crippen molar-refractivity contribution in [1.29, 1.82) is 0 Å². The molecule has 0 unspecified atom stereocenters. The van der Waals surface area contributed by atoms with Crippen LogP contribution in [-0.4, -0.2) is 26.2 Å². The molecule has 1 aliphatic carbocycles. The van der Waals surface area contributed by atoms with E-state index in [2.05, 4.69) is 25.4 Å². The molecule has 6 heteroatoms. The molecule has 1 N–H and O–H groups in total. The van der Waals surface area contributed by atoms with Crippen LogP contribution in [0.1, 0.15) is 31.5 Å². The highest BCUT2D eigenvalue weighted by atomic mass is 16.5. The second-order valence-electron chi connectivity index (χ2n) is 4.56. The second kappa shape index (κ2) is 4.72. The summed E-state index contributed by atoms with van der Waals surface area (Å²) in [4.78, 5) is 12.5. The van der Waals surface area contributed by atoms with Crippen LogP contribution in [-0.2, 0) is 0 Å². The van der Waals surface area contributed by atoms with E-state index in [1.165, 1.54) is 32.0 Å². The maximum absolute atomic E-state index is 5.17. The maximum atomic E-state index is 5.17. The molecule has 2 heterocycles. The van der Waals surface area contributed by atoms with E-state index >= 15 is 0 Å². The summed E-state index contributed by atoms with van der Waals surface area (Å²) in [5, 5.41) is 7.23. The van der Waals surface area contributed by atoms with Crippen molar-refractivity contribution < 1.29 is 4.52 Å². The van der Waals surface area contributed by atoms with Gasteiger partial charge >= 0.3 is 0 Å². The van der Waals surface area contributed by atoms with Gasteiger partial charge in [-0.3, -0.25) is 0 Å². The molecule has 0 aliphatic heterocycles. The van der Waals surface area contributed by atoms with Crippen molar-refractivity contribution in [3.63, 3.8) is 0 Å². The quantitative estimate of drug-likeness (QED) is 0.893. The molecule has 94 valence electrons. The third kappa shape index (κ3) is 2.18. The van der Waals surface area contributed by atoms with Crippen LogP contribution in [0, 0.1) is 6.92 Å². The van der Waals surface area contributed by atoms with Crippen molar-refractivity contribution in [1.82, 2.24) is 20.1 Å². The number of aromatic nitrogens is 4. The van der Waals surface area contributed by atoms with Crippen LogP contribution in [0.5, 0.6) is 0 Å². The smallest absolute Gasteiger partial charge is 0.263 e. The summed E-state index contributed by atoms with van der Waals surface area (Å²) in [6.45, 7) is 1.79. The van der Waals surface area contributed by atoms with Crippen molar-refractivity contribution in [2.75, 3.05) is 5.32 Å². The van der Waals surface area contributed by atoms with Crippen LogP contribution in [0.4, 0.5) is 5.82 Å². The number of hydrogen-bond acceptors (Lipinski definition) is 6. The minimum Gasteiger partial charge on any atom is -0.367 e. The molecule has 1 aliphatic rings. The molecule has 0 radical (unpaired) electrons. The SMILES string of the molecule is Cc1noc(-c2cncnc2NC2CCCC2)n1. The first kappa shape index (κ1) is 11.1. The lowest BCUT2D eigenvalue weighted by molar-refractivity contribution is 0.425. The zero-order chi connectivity index (χ0) is 12.4. The van der Waals surface area contributed by atoms with E-state index in [-0.39, 0.29) is 0 Å². The number of nitrogens with one attached hydrogen (secondary N) is 1. The number of hydrogen-bond donors (Lipinski definition) is 1. The molecule has 2 aromatic rings. The lowest BCUT2D eigenvalue weighted by Gasteiger charge is -2.13. The lowest BCUT2D eigenvalue weighted by Crippen LogP contribution is -2.16. The molecule has 1 fully saturated rings. The average Bonchev–Trinajstić information content (AvgIpc) is 3.02. The Morgan fingerprint density at radius 2 is 2.17 bits per heavy atom. The number of anilines is 1. The van der Waals surface area contributed by atoms with E-state index in [1.807, 2.05) is 0 Å². The normalized spacial score (nSPS) is 16.1. The van der Waals surface area contributed by atoms with Crippen molar-refractivity contribution in [3.8, 4) is 11.5 Å². The van der Waals surface area contributed by atoms with Crippen LogP contribution in [0.3, 0.4) is 0 Å². The molecule has 3 rings (SSSR count). The monoisotopic (exact) mass is 245 g/mol. The average molecular weight is 245 g/mol. The lowest BCUT2D eigenvalue weighted by atomic mass is 10.2. The highest BCUT2D eigenvalue weighted by molar-refractivity contribution is 5.67. The van der Waals surface area contributed by atoms with Crippen molar-refractivity contribution >= 4 is 5.82 Å². The molecule has 0 saturated heterocycles. The van der Waals surface area contributed by atoms with Crippen molar-refractivity contribution in [3.05, 3.63) is 18.3 Å². The van der Waals surface area contributed by atoms with Gasteiger partial charge in [0.15, 0.2) is 5.82 Å². The van der Waals surface area contributed by atoms with Gasteiger partial charge in [-0.25, -0.2) is 9.97 Å². The van der Waals surface area contributed by atoms with E-state index in [1.54, 1.807) is 13.1 Å². The molecule has 18 heavy (non-hydrogen) atoms. The molecule has 6 nitrogen and oxygen atoms in total. The first-order valence-electron chi connectivity index (χ1n) is 6.20. The third-order valence-electron chi connectivity index (χ3n) is 3.17. The Balaban J connectivity index is 1.89. The topological polar surface area (TPSA) is 76.7 Å². The molecule has 0 atom stereocenters. The molecule has 0 spiro atoms. The minimum atomic E-state index is 0.466. The Kier molecular flexibility index (Phi) is 2.92. The molecular weight excluding hydrogens is 230 g/mol. The fraction of sp³-hybridized carbons (Fsp3) is 0.500. The van der Waals surface area contributed by atoms with Gasteiger partial charge < -0.3 is 9.84 Å². The number of nitrogens with zero attached hydrogens (tertiary/aromatic N) is 4. The van der Waals surface area contributed by atoms with Crippen LogP contribution in [0.25, 0.3) is 11.5 Å². The highest BCUT2D eigenvalue weighted by Crippen LogP contribution is 2.27. The Labute approximate surface area is 105 Å². The van der Waals surface area contributed by atoms with Gasteiger partial charge in [-0.05, 0) is 19.8 Å². The van der Waals surface area contributed by atoms with Gasteiger partial charge in [0, 0.05) is 12.2 Å². The maximum Gasteiger partial charge on any atom is 0.263 e. The molecule has 0 bridgehead atoms. The van der Waals surface area contributed by atoms with Gasteiger partial charge in [-0.15, -0.1) is 0 Å². The van der Waals surface area contributed by atoms with Gasteiger partial charge in [0.2, 0.25) is 0 Å². The van der Waals surface area contributed by atoms with Gasteiger partial charge in [-0.2, -0.15) is 4.98 Å². The van der Waals surface area contributed by atoms with E-state index in [0.717, 1.165) is 11.4 Å². The van der Waals surface area contributed by atoms with Crippen LogP contribution < -0.4 is 5.32 Å². The largest absolute Gasteiger partial charge is 0.367 e. The highest BCUT2D eigenvalue weighted by Gasteiger charge is 2.19. The molecule has 2 aromatic heterocycles.